The number of fused-ring (bicyclic) bond motifs is 1. The van der Waals surface area contributed by atoms with Gasteiger partial charge in [-0.15, -0.1) is 0 Å². The molecule has 2 saturated heterocycles. The van der Waals surface area contributed by atoms with E-state index in [1.807, 2.05) is 18.2 Å². The number of hydrogen-bond acceptors (Lipinski definition) is 10. The zero-order chi connectivity index (χ0) is 31.1. The van der Waals surface area contributed by atoms with Crippen molar-refractivity contribution >= 4 is 17.7 Å². The Hall–Kier alpha value is -3.34. The van der Waals surface area contributed by atoms with E-state index in [0.29, 0.717) is 5.56 Å². The number of aliphatic hydroxyl groups is 1. The summed E-state index contributed by atoms with van der Waals surface area (Å²) in [7, 11) is 0. The van der Waals surface area contributed by atoms with Gasteiger partial charge in [0.2, 0.25) is 0 Å². The fourth-order valence-electron chi connectivity index (χ4n) is 4.84. The van der Waals surface area contributed by atoms with Gasteiger partial charge in [0, 0.05) is 11.8 Å². The lowest BCUT2D eigenvalue weighted by molar-refractivity contribution is -0.313. The van der Waals surface area contributed by atoms with Gasteiger partial charge < -0.3 is 24.1 Å². The molecule has 3 unspecified atom stereocenters. The number of rotatable bonds is 5. The number of carbonyl (C=O) groups is 1. The molecule has 43 heavy (non-hydrogen) atoms. The standard InChI is InChI=1S/C27H30ClF3N6O6/c1-13-33-23(37(36-13)16-10-15(28)11-32-22(16)27(29,30)31)21-19(38)18(34-35-25(39)43-26(2,3)4)20-17(41-21)12-40-24(42-20)14-8-6-5-7-9-14/h5-11,17-21,24,34,38H,12H2,1-4H3,(H,35,39)/t17?,18-,19?,20+,21-,24?/m1/s1. The van der Waals surface area contributed by atoms with Gasteiger partial charge in [0.05, 0.1) is 23.4 Å². The molecule has 3 aromatic rings. The number of aliphatic hydroxyl groups excluding tert-OH is 1. The van der Waals surface area contributed by atoms with E-state index < -0.39 is 66.0 Å². The van der Waals surface area contributed by atoms with Crippen LogP contribution in [0.5, 0.6) is 0 Å². The maximum Gasteiger partial charge on any atom is 0.435 e. The molecular formula is C27H30ClF3N6O6. The Bertz CT molecular complexity index is 1450. The molecule has 0 aliphatic carbocycles. The summed E-state index contributed by atoms with van der Waals surface area (Å²) in [6, 6.07) is 9.03. The first kappa shape index (κ1) is 31.1. The van der Waals surface area contributed by atoms with Gasteiger partial charge >= 0.3 is 12.3 Å². The summed E-state index contributed by atoms with van der Waals surface area (Å²) in [4.78, 5) is 20.3. The third-order valence-corrected chi connectivity index (χ3v) is 6.75. The molecule has 16 heteroatoms. The summed E-state index contributed by atoms with van der Waals surface area (Å²) < 4.78 is 66.3. The van der Waals surface area contributed by atoms with Gasteiger partial charge in [0.25, 0.3) is 0 Å². The molecule has 1 aromatic carbocycles. The van der Waals surface area contributed by atoms with Gasteiger partial charge in [-0.25, -0.2) is 24.9 Å². The van der Waals surface area contributed by atoms with Crippen LogP contribution in [-0.4, -0.2) is 67.5 Å². The minimum Gasteiger partial charge on any atom is -0.443 e. The molecule has 4 heterocycles. The van der Waals surface area contributed by atoms with E-state index >= 15 is 0 Å². The molecular weight excluding hydrogens is 597 g/mol. The second kappa shape index (κ2) is 12.0. The lowest BCUT2D eigenvalue weighted by Gasteiger charge is -2.48. The molecule has 2 aromatic heterocycles. The lowest BCUT2D eigenvalue weighted by Crippen LogP contribution is -2.66. The predicted molar refractivity (Wildman–Crippen MR) is 144 cm³/mol. The molecule has 2 fully saturated rings. The van der Waals surface area contributed by atoms with Crippen molar-refractivity contribution < 1.29 is 42.0 Å². The first-order valence-corrected chi connectivity index (χ1v) is 13.7. The van der Waals surface area contributed by atoms with Crippen molar-refractivity contribution in [3.05, 3.63) is 70.5 Å². The Balaban J connectivity index is 1.50. The van der Waals surface area contributed by atoms with Crippen molar-refractivity contribution in [1.82, 2.24) is 30.6 Å². The summed E-state index contributed by atoms with van der Waals surface area (Å²) in [6.45, 7) is 6.51. The average molecular weight is 627 g/mol. The van der Waals surface area contributed by atoms with E-state index in [4.69, 9.17) is 30.5 Å². The van der Waals surface area contributed by atoms with Crippen LogP contribution in [0.3, 0.4) is 0 Å². The van der Waals surface area contributed by atoms with Crippen LogP contribution in [0.15, 0.2) is 42.6 Å². The van der Waals surface area contributed by atoms with Crippen molar-refractivity contribution in [2.24, 2.45) is 0 Å². The number of aromatic nitrogens is 4. The number of nitrogens with zero attached hydrogens (tertiary/aromatic N) is 4. The molecule has 2 aliphatic rings. The van der Waals surface area contributed by atoms with Crippen molar-refractivity contribution in [1.29, 1.82) is 0 Å². The molecule has 232 valence electrons. The summed E-state index contributed by atoms with van der Waals surface area (Å²) in [5.74, 6) is -0.0648. The minimum absolute atomic E-state index is 0.0162. The van der Waals surface area contributed by atoms with E-state index in [0.717, 1.165) is 16.9 Å². The molecule has 12 nitrogen and oxygen atoms in total. The number of halogens is 4. The number of hydrazine groups is 1. The van der Waals surface area contributed by atoms with Crippen LogP contribution in [0.4, 0.5) is 18.0 Å². The Morgan fingerprint density at radius 3 is 2.58 bits per heavy atom. The smallest absolute Gasteiger partial charge is 0.435 e. The first-order chi connectivity index (χ1) is 20.2. The molecule has 0 spiro atoms. The van der Waals surface area contributed by atoms with Crippen molar-refractivity contribution in [3.63, 3.8) is 0 Å². The topological polar surface area (TPSA) is 142 Å². The zero-order valence-electron chi connectivity index (χ0n) is 23.5. The Morgan fingerprint density at radius 1 is 1.19 bits per heavy atom. The molecule has 2 aliphatic heterocycles. The highest BCUT2D eigenvalue weighted by Gasteiger charge is 2.52. The minimum atomic E-state index is -4.85. The van der Waals surface area contributed by atoms with Gasteiger partial charge in [-0.3, -0.25) is 5.43 Å². The molecule has 3 N–H and O–H groups in total. The number of ether oxygens (including phenoxy) is 4. The highest BCUT2D eigenvalue weighted by atomic mass is 35.5. The quantitative estimate of drug-likeness (QED) is 0.356. The number of pyridine rings is 1. The van der Waals surface area contributed by atoms with E-state index in [-0.39, 0.29) is 23.3 Å². The van der Waals surface area contributed by atoms with Crippen molar-refractivity contribution in [3.8, 4) is 5.69 Å². The molecule has 1 amide bonds. The summed E-state index contributed by atoms with van der Waals surface area (Å²) in [5, 5.41) is 15.7. The normalized spacial score (nSPS) is 26.1. The number of alkyl halides is 3. The number of amides is 1. The Kier molecular flexibility index (Phi) is 8.66. The van der Waals surface area contributed by atoms with Crippen LogP contribution in [0.1, 0.15) is 56.1 Å². The highest BCUT2D eigenvalue weighted by Crippen LogP contribution is 2.40. The van der Waals surface area contributed by atoms with Crippen LogP contribution in [0, 0.1) is 6.92 Å². The van der Waals surface area contributed by atoms with Gasteiger partial charge in [-0.05, 0) is 33.8 Å². The maximum atomic E-state index is 13.9. The number of carbonyl (C=O) groups excluding carboxylic acids is 1. The largest absolute Gasteiger partial charge is 0.443 e. The van der Waals surface area contributed by atoms with Crippen molar-refractivity contribution in [2.75, 3.05) is 6.61 Å². The van der Waals surface area contributed by atoms with E-state index in [1.54, 1.807) is 32.9 Å². The fraction of sp³-hybridized carbons (Fsp3) is 0.481. The van der Waals surface area contributed by atoms with Gasteiger partial charge in [0.15, 0.2) is 17.8 Å². The molecule has 0 saturated carbocycles. The average Bonchev–Trinajstić information content (AvgIpc) is 3.32. The highest BCUT2D eigenvalue weighted by molar-refractivity contribution is 6.30. The van der Waals surface area contributed by atoms with Gasteiger partial charge in [-0.1, -0.05) is 41.9 Å². The second-order valence-electron chi connectivity index (χ2n) is 11.0. The van der Waals surface area contributed by atoms with E-state index in [9.17, 15) is 23.1 Å². The van der Waals surface area contributed by atoms with Crippen LogP contribution in [-0.2, 0) is 25.1 Å². The number of hydrogen-bond donors (Lipinski definition) is 3. The zero-order valence-corrected chi connectivity index (χ0v) is 24.3. The molecule has 0 radical (unpaired) electrons. The second-order valence-corrected chi connectivity index (χ2v) is 11.4. The predicted octanol–water partition coefficient (Wildman–Crippen LogP) is 3.96. The Labute approximate surface area is 249 Å². The van der Waals surface area contributed by atoms with Crippen LogP contribution in [0.2, 0.25) is 5.02 Å². The summed E-state index contributed by atoms with van der Waals surface area (Å²) in [5.41, 5.74) is 3.32. The van der Waals surface area contributed by atoms with E-state index in [2.05, 4.69) is 25.9 Å². The van der Waals surface area contributed by atoms with Crippen LogP contribution < -0.4 is 10.9 Å². The van der Waals surface area contributed by atoms with E-state index in [1.165, 1.54) is 6.92 Å². The number of nitrogens with one attached hydrogen (secondary N) is 2. The SMILES string of the molecule is Cc1nc([C@@H]2OC3COC(c4ccccc4)O[C@@H]3[C@H](NNC(=O)OC(C)(C)C)C2O)n(-c2cc(Cl)cnc2C(F)(F)F)n1. The number of aryl methyl sites for hydroxylation is 1. The van der Waals surface area contributed by atoms with Gasteiger partial charge in [0.1, 0.15) is 35.8 Å². The van der Waals surface area contributed by atoms with Crippen molar-refractivity contribution in [2.45, 2.75) is 76.2 Å². The van der Waals surface area contributed by atoms with Crippen LogP contribution >= 0.6 is 11.6 Å². The summed E-state index contributed by atoms with van der Waals surface area (Å²) in [6.07, 6.45) is -10.3. The molecule has 0 bridgehead atoms. The molecule has 5 rings (SSSR count). The van der Waals surface area contributed by atoms with Crippen LogP contribution in [0.25, 0.3) is 5.69 Å². The number of benzene rings is 1. The lowest BCUT2D eigenvalue weighted by atomic mass is 9.91. The third kappa shape index (κ3) is 6.92. The Morgan fingerprint density at radius 2 is 1.91 bits per heavy atom. The van der Waals surface area contributed by atoms with Gasteiger partial charge in [-0.2, -0.15) is 18.3 Å². The first-order valence-electron chi connectivity index (χ1n) is 13.3. The fourth-order valence-corrected chi connectivity index (χ4v) is 5.00. The third-order valence-electron chi connectivity index (χ3n) is 6.55. The summed E-state index contributed by atoms with van der Waals surface area (Å²) >= 11 is 6.02. The molecule has 6 atom stereocenters. The monoisotopic (exact) mass is 626 g/mol. The maximum absolute atomic E-state index is 13.9.